The van der Waals surface area contributed by atoms with Crippen molar-refractivity contribution < 1.29 is 29.1 Å². The Morgan fingerprint density at radius 3 is 2.25 bits per heavy atom. The van der Waals surface area contributed by atoms with Crippen molar-refractivity contribution in [2.75, 3.05) is 14.2 Å². The number of nitrogens with zero attached hydrogens (tertiary/aromatic N) is 1. The predicted molar refractivity (Wildman–Crippen MR) is 69.8 cm³/mol. The Balaban J connectivity index is 4.42. The molecule has 0 aliphatic heterocycles. The average molecular weight is 290 g/mol. The first-order valence-corrected chi connectivity index (χ1v) is 6.10. The Morgan fingerprint density at radius 2 is 1.85 bits per heavy atom. The molecule has 0 fully saturated rings. The molecule has 0 heterocycles. The molecule has 0 saturated heterocycles. The lowest BCUT2D eigenvalue weighted by atomic mass is 10.1. The Morgan fingerprint density at radius 1 is 1.30 bits per heavy atom. The van der Waals surface area contributed by atoms with Gasteiger partial charge in [-0.25, -0.2) is 14.7 Å². The quantitative estimate of drug-likeness (QED) is 0.700. The maximum absolute atomic E-state index is 11.5. The number of amides is 2. The number of hydroxylamine groups is 2. The molecule has 1 unspecified atom stereocenters. The molecule has 0 aliphatic rings. The van der Waals surface area contributed by atoms with Gasteiger partial charge in [-0.1, -0.05) is 0 Å². The van der Waals surface area contributed by atoms with Gasteiger partial charge in [0.25, 0.3) is 0 Å². The lowest BCUT2D eigenvalue weighted by molar-refractivity contribution is -0.168. The smallest absolute Gasteiger partial charge is 0.408 e. The van der Waals surface area contributed by atoms with Gasteiger partial charge in [-0.2, -0.15) is 0 Å². The largest absolute Gasteiger partial charge is 0.480 e. The molecule has 0 radical (unpaired) electrons. The van der Waals surface area contributed by atoms with Crippen LogP contribution in [0.2, 0.25) is 0 Å². The van der Waals surface area contributed by atoms with Crippen LogP contribution in [-0.4, -0.2) is 53.9 Å². The molecule has 0 aromatic carbocycles. The molecule has 0 bridgehead atoms. The van der Waals surface area contributed by atoms with E-state index in [4.69, 9.17) is 9.84 Å². The van der Waals surface area contributed by atoms with Crippen LogP contribution in [0.15, 0.2) is 0 Å². The lowest BCUT2D eigenvalue weighted by Gasteiger charge is -2.22. The molecule has 1 atom stereocenters. The third-order valence-electron chi connectivity index (χ3n) is 2.26. The van der Waals surface area contributed by atoms with Gasteiger partial charge in [-0.15, -0.1) is 0 Å². The van der Waals surface area contributed by atoms with Gasteiger partial charge in [0.15, 0.2) is 0 Å². The fraction of sp³-hybridized carbons (Fsp3) is 0.750. The monoisotopic (exact) mass is 290 g/mol. The van der Waals surface area contributed by atoms with Gasteiger partial charge < -0.3 is 15.2 Å². The summed E-state index contributed by atoms with van der Waals surface area (Å²) in [5, 5.41) is 12.2. The van der Waals surface area contributed by atoms with E-state index in [1.807, 2.05) is 0 Å². The van der Waals surface area contributed by atoms with Crippen LogP contribution >= 0.6 is 0 Å². The lowest BCUT2D eigenvalue weighted by Crippen LogP contribution is -2.44. The van der Waals surface area contributed by atoms with Crippen LogP contribution in [0, 0.1) is 0 Å². The topological polar surface area (TPSA) is 105 Å². The van der Waals surface area contributed by atoms with E-state index in [0.717, 1.165) is 5.06 Å². The normalized spacial score (nSPS) is 12.4. The predicted octanol–water partition coefficient (Wildman–Crippen LogP) is 0.764. The van der Waals surface area contributed by atoms with Crippen molar-refractivity contribution in [2.24, 2.45) is 0 Å². The Kier molecular flexibility index (Phi) is 6.98. The SMILES string of the molecule is CON(C)C(=O)CCC(NC(=O)OC(C)(C)C)C(=O)O. The van der Waals surface area contributed by atoms with Gasteiger partial charge >= 0.3 is 12.1 Å². The maximum Gasteiger partial charge on any atom is 0.408 e. The first kappa shape index (κ1) is 18.2. The second kappa shape index (κ2) is 7.68. The molecule has 0 saturated carbocycles. The number of carboxylic acids is 1. The molecule has 2 amide bonds. The molecule has 0 aromatic rings. The number of alkyl carbamates (subject to hydrolysis) is 1. The summed E-state index contributed by atoms with van der Waals surface area (Å²) in [6, 6.07) is -1.20. The molecular formula is C12H22N2O6. The second-order valence-corrected chi connectivity index (χ2v) is 5.15. The number of ether oxygens (including phenoxy) is 1. The zero-order chi connectivity index (χ0) is 15.9. The minimum Gasteiger partial charge on any atom is -0.480 e. The van der Waals surface area contributed by atoms with Gasteiger partial charge in [0.05, 0.1) is 7.11 Å². The minimum absolute atomic E-state index is 0.0545. The zero-order valence-electron chi connectivity index (χ0n) is 12.4. The summed E-state index contributed by atoms with van der Waals surface area (Å²) in [7, 11) is 2.74. The maximum atomic E-state index is 11.5. The number of rotatable bonds is 6. The third-order valence-corrected chi connectivity index (χ3v) is 2.26. The van der Waals surface area contributed by atoms with Gasteiger partial charge in [0, 0.05) is 13.5 Å². The van der Waals surface area contributed by atoms with Crippen LogP contribution in [0.1, 0.15) is 33.6 Å². The molecule has 20 heavy (non-hydrogen) atoms. The first-order chi connectivity index (χ1) is 9.06. The number of hydrogen-bond acceptors (Lipinski definition) is 5. The number of carbonyl (C=O) groups excluding carboxylic acids is 2. The van der Waals surface area contributed by atoms with Crippen LogP contribution in [0.25, 0.3) is 0 Å². The Labute approximate surface area is 118 Å². The molecular weight excluding hydrogens is 268 g/mol. The highest BCUT2D eigenvalue weighted by atomic mass is 16.7. The third kappa shape index (κ3) is 7.57. The van der Waals surface area contributed by atoms with Crippen molar-refractivity contribution in [3.8, 4) is 0 Å². The summed E-state index contributed by atoms with van der Waals surface area (Å²) in [6.45, 7) is 5.00. The van der Waals surface area contributed by atoms with E-state index in [1.165, 1.54) is 14.2 Å². The molecule has 0 aliphatic carbocycles. The molecule has 0 spiro atoms. The van der Waals surface area contributed by atoms with Gasteiger partial charge in [0.1, 0.15) is 11.6 Å². The van der Waals surface area contributed by atoms with Crippen molar-refractivity contribution in [1.29, 1.82) is 0 Å². The van der Waals surface area contributed by atoms with E-state index in [2.05, 4.69) is 10.2 Å². The van der Waals surface area contributed by atoms with Crippen LogP contribution in [-0.2, 0) is 19.2 Å². The number of nitrogens with one attached hydrogen (secondary N) is 1. The van der Waals surface area contributed by atoms with Crippen molar-refractivity contribution in [3.05, 3.63) is 0 Å². The van der Waals surface area contributed by atoms with Crippen molar-refractivity contribution >= 4 is 18.0 Å². The Hall–Kier alpha value is -1.83. The van der Waals surface area contributed by atoms with Crippen molar-refractivity contribution in [1.82, 2.24) is 10.4 Å². The summed E-state index contributed by atoms with van der Waals surface area (Å²) in [5.74, 6) is -1.62. The minimum atomic E-state index is -1.23. The fourth-order valence-corrected chi connectivity index (χ4v) is 1.23. The van der Waals surface area contributed by atoms with E-state index >= 15 is 0 Å². The summed E-state index contributed by atoms with van der Waals surface area (Å²) in [5.41, 5.74) is -0.723. The molecule has 0 rings (SSSR count). The van der Waals surface area contributed by atoms with E-state index in [-0.39, 0.29) is 18.7 Å². The number of aliphatic carboxylic acids is 1. The highest BCUT2D eigenvalue weighted by Gasteiger charge is 2.25. The van der Waals surface area contributed by atoms with E-state index in [9.17, 15) is 14.4 Å². The summed E-state index contributed by atoms with van der Waals surface area (Å²) < 4.78 is 4.96. The highest BCUT2D eigenvalue weighted by Crippen LogP contribution is 2.08. The van der Waals surface area contributed by atoms with E-state index in [1.54, 1.807) is 20.8 Å². The van der Waals surface area contributed by atoms with E-state index in [0.29, 0.717) is 0 Å². The molecule has 2 N–H and O–H groups in total. The van der Waals surface area contributed by atoms with Gasteiger partial charge in [0.2, 0.25) is 5.91 Å². The summed E-state index contributed by atoms with van der Waals surface area (Å²) in [6.07, 6.45) is -0.962. The second-order valence-electron chi connectivity index (χ2n) is 5.15. The number of hydrogen-bond donors (Lipinski definition) is 2. The number of carboxylic acid groups (broad SMARTS) is 1. The van der Waals surface area contributed by atoms with Crippen LogP contribution in [0.3, 0.4) is 0 Å². The van der Waals surface area contributed by atoms with Crippen molar-refractivity contribution in [2.45, 2.75) is 45.3 Å². The van der Waals surface area contributed by atoms with Crippen LogP contribution in [0.4, 0.5) is 4.79 Å². The number of carbonyl (C=O) groups is 3. The van der Waals surface area contributed by atoms with Crippen molar-refractivity contribution in [3.63, 3.8) is 0 Å². The molecule has 116 valence electrons. The summed E-state index contributed by atoms with van der Waals surface area (Å²) in [4.78, 5) is 38.7. The van der Waals surface area contributed by atoms with E-state index < -0.39 is 23.7 Å². The highest BCUT2D eigenvalue weighted by molar-refractivity contribution is 5.81. The van der Waals surface area contributed by atoms with Gasteiger partial charge in [-0.3, -0.25) is 9.63 Å². The molecule has 0 aromatic heterocycles. The average Bonchev–Trinajstić information content (AvgIpc) is 2.30. The summed E-state index contributed by atoms with van der Waals surface area (Å²) >= 11 is 0. The first-order valence-electron chi connectivity index (χ1n) is 6.10. The fourth-order valence-electron chi connectivity index (χ4n) is 1.23. The van der Waals surface area contributed by atoms with Crippen LogP contribution < -0.4 is 5.32 Å². The van der Waals surface area contributed by atoms with Crippen LogP contribution in [0.5, 0.6) is 0 Å². The molecule has 8 nitrogen and oxygen atoms in total. The molecule has 8 heteroatoms. The zero-order valence-corrected chi connectivity index (χ0v) is 12.4. The standard InChI is InChI=1S/C12H22N2O6/c1-12(2,3)20-11(18)13-8(10(16)17)6-7-9(15)14(4)19-5/h8H,6-7H2,1-5H3,(H,13,18)(H,16,17). The Bertz CT molecular complexity index is 363. The van der Waals surface area contributed by atoms with Gasteiger partial charge in [-0.05, 0) is 27.2 Å².